The van der Waals surface area contributed by atoms with E-state index in [4.69, 9.17) is 4.52 Å². The molecule has 1 saturated heterocycles. The maximum Gasteiger partial charge on any atom is 0.261 e. The second kappa shape index (κ2) is 9.63. The number of hydrogen-bond acceptors (Lipinski definition) is 8. The van der Waals surface area contributed by atoms with Crippen molar-refractivity contribution in [1.82, 2.24) is 29.5 Å². The Morgan fingerprint density at radius 3 is 2.76 bits per heavy atom. The van der Waals surface area contributed by atoms with Gasteiger partial charge in [-0.1, -0.05) is 23.4 Å². The van der Waals surface area contributed by atoms with Crippen LogP contribution in [0, 0.1) is 0 Å². The Morgan fingerprint density at radius 1 is 1.09 bits per heavy atom. The van der Waals surface area contributed by atoms with E-state index in [-0.39, 0.29) is 18.0 Å². The molecule has 4 aromatic rings. The van der Waals surface area contributed by atoms with Gasteiger partial charge in [-0.2, -0.15) is 4.98 Å². The zero-order valence-electron chi connectivity index (χ0n) is 18.1. The van der Waals surface area contributed by atoms with E-state index >= 15 is 0 Å². The lowest BCUT2D eigenvalue weighted by Gasteiger charge is -2.34. The van der Waals surface area contributed by atoms with Gasteiger partial charge in [0.15, 0.2) is 0 Å². The molecule has 0 aliphatic carbocycles. The molecule has 0 bridgehead atoms. The molecule has 9 nitrogen and oxygen atoms in total. The highest BCUT2D eigenvalue weighted by Gasteiger charge is 2.22. The molecule has 1 aliphatic rings. The van der Waals surface area contributed by atoms with Crippen molar-refractivity contribution in [3.05, 3.63) is 64.4 Å². The van der Waals surface area contributed by atoms with Crippen molar-refractivity contribution in [3.63, 3.8) is 0 Å². The number of thiophene rings is 1. The molecule has 1 aliphatic heterocycles. The minimum Gasteiger partial charge on any atom is -0.339 e. The van der Waals surface area contributed by atoms with Gasteiger partial charge in [-0.25, -0.2) is 4.98 Å². The van der Waals surface area contributed by atoms with E-state index in [1.807, 2.05) is 28.5 Å². The molecule has 0 radical (unpaired) electrons. The third kappa shape index (κ3) is 4.86. The van der Waals surface area contributed by atoms with Crippen molar-refractivity contribution in [2.75, 3.05) is 32.7 Å². The maximum absolute atomic E-state index is 12.8. The summed E-state index contributed by atoms with van der Waals surface area (Å²) >= 11 is 1.59. The van der Waals surface area contributed by atoms with Crippen molar-refractivity contribution in [2.24, 2.45) is 0 Å². The summed E-state index contributed by atoms with van der Waals surface area (Å²) < 4.78 is 6.76. The van der Waals surface area contributed by atoms with E-state index in [0.29, 0.717) is 35.7 Å². The Morgan fingerprint density at radius 2 is 1.94 bits per heavy atom. The van der Waals surface area contributed by atoms with Gasteiger partial charge in [0.1, 0.15) is 6.54 Å². The SMILES string of the molecule is O=C(Cn1cnc2ccccc2c1=O)N1CCN(CCCc2nc(-c3cccs3)no2)CC1. The van der Waals surface area contributed by atoms with Crippen LogP contribution >= 0.6 is 11.3 Å². The largest absolute Gasteiger partial charge is 0.339 e. The van der Waals surface area contributed by atoms with Crippen LogP contribution in [0.2, 0.25) is 0 Å². The first kappa shape index (κ1) is 21.5. The van der Waals surface area contributed by atoms with Gasteiger partial charge in [0.05, 0.1) is 22.1 Å². The molecule has 1 fully saturated rings. The molecule has 1 amide bonds. The van der Waals surface area contributed by atoms with Gasteiger partial charge in [-0.15, -0.1) is 11.3 Å². The number of aromatic nitrogens is 4. The van der Waals surface area contributed by atoms with E-state index in [1.165, 1.54) is 10.9 Å². The van der Waals surface area contributed by atoms with Crippen LogP contribution in [0.25, 0.3) is 21.6 Å². The van der Waals surface area contributed by atoms with Crippen LogP contribution in [0.1, 0.15) is 12.3 Å². The number of fused-ring (bicyclic) bond motifs is 1. The fraction of sp³-hybridized carbons (Fsp3) is 0.348. The van der Waals surface area contributed by atoms with Crippen molar-refractivity contribution in [1.29, 1.82) is 0 Å². The van der Waals surface area contributed by atoms with Crippen LogP contribution in [-0.2, 0) is 17.8 Å². The van der Waals surface area contributed by atoms with Crippen LogP contribution in [0.4, 0.5) is 0 Å². The molecule has 4 heterocycles. The van der Waals surface area contributed by atoms with E-state index in [0.717, 1.165) is 37.4 Å². The highest BCUT2D eigenvalue weighted by Crippen LogP contribution is 2.21. The summed E-state index contributed by atoms with van der Waals surface area (Å²) in [7, 11) is 0. The molecule has 5 rings (SSSR count). The number of rotatable bonds is 7. The predicted octanol–water partition coefficient (Wildman–Crippen LogP) is 2.29. The van der Waals surface area contributed by atoms with Crippen LogP contribution in [0.5, 0.6) is 0 Å². The van der Waals surface area contributed by atoms with E-state index in [9.17, 15) is 9.59 Å². The number of carbonyl (C=O) groups is 1. The van der Waals surface area contributed by atoms with Gasteiger partial charge in [0.25, 0.3) is 5.56 Å². The average Bonchev–Trinajstić information content (AvgIpc) is 3.54. The molecule has 0 unspecified atom stereocenters. The quantitative estimate of drug-likeness (QED) is 0.414. The standard InChI is InChI=1S/C23H24N6O3S/c30-21(15-29-16-24-18-6-2-1-5-17(18)23(29)31)28-12-10-27(11-13-28)9-3-8-20-25-22(26-32-20)19-7-4-14-33-19/h1-2,4-7,14,16H,3,8-13,15H2. The van der Waals surface area contributed by atoms with E-state index in [1.54, 1.807) is 29.5 Å². The molecule has 10 heteroatoms. The zero-order valence-corrected chi connectivity index (χ0v) is 18.9. The first-order chi connectivity index (χ1) is 16.2. The second-order valence-corrected chi connectivity index (χ2v) is 8.96. The highest BCUT2D eigenvalue weighted by molar-refractivity contribution is 7.13. The summed E-state index contributed by atoms with van der Waals surface area (Å²) in [5.74, 6) is 1.25. The molecule has 0 N–H and O–H groups in total. The first-order valence-corrected chi connectivity index (χ1v) is 11.9. The maximum atomic E-state index is 12.8. The Labute approximate surface area is 194 Å². The lowest BCUT2D eigenvalue weighted by Crippen LogP contribution is -2.50. The van der Waals surface area contributed by atoms with Crippen molar-refractivity contribution in [3.8, 4) is 10.7 Å². The third-order valence-electron chi connectivity index (χ3n) is 5.84. The van der Waals surface area contributed by atoms with Crippen molar-refractivity contribution < 1.29 is 9.32 Å². The van der Waals surface area contributed by atoms with Gasteiger partial charge < -0.3 is 9.42 Å². The fourth-order valence-corrected chi connectivity index (χ4v) is 4.65. The minimum absolute atomic E-state index is 0.0143. The molecular weight excluding hydrogens is 440 g/mol. The Bertz CT molecular complexity index is 1290. The van der Waals surface area contributed by atoms with Crippen LogP contribution in [0.3, 0.4) is 0 Å². The van der Waals surface area contributed by atoms with Gasteiger partial charge in [-0.3, -0.25) is 19.1 Å². The number of hydrogen-bond donors (Lipinski definition) is 0. The van der Waals surface area contributed by atoms with Crippen LogP contribution < -0.4 is 5.56 Å². The summed E-state index contributed by atoms with van der Waals surface area (Å²) in [6.45, 7) is 3.84. The topological polar surface area (TPSA) is 97.4 Å². The lowest BCUT2D eigenvalue weighted by molar-refractivity contribution is -0.133. The summed E-state index contributed by atoms with van der Waals surface area (Å²) in [5, 5.41) is 6.57. The smallest absolute Gasteiger partial charge is 0.261 e. The third-order valence-corrected chi connectivity index (χ3v) is 6.70. The molecule has 0 atom stereocenters. The van der Waals surface area contributed by atoms with Crippen molar-refractivity contribution >= 4 is 28.1 Å². The Hall–Kier alpha value is -3.37. The molecule has 0 saturated carbocycles. The fourth-order valence-electron chi connectivity index (χ4n) is 4.00. The number of piperazine rings is 1. The Kier molecular flexibility index (Phi) is 6.27. The summed E-state index contributed by atoms with van der Waals surface area (Å²) in [5.41, 5.74) is 0.457. The van der Waals surface area contributed by atoms with Crippen LogP contribution in [0.15, 0.2) is 57.4 Å². The molecule has 0 spiro atoms. The minimum atomic E-state index is -0.184. The summed E-state index contributed by atoms with van der Waals surface area (Å²) in [6, 6.07) is 11.1. The van der Waals surface area contributed by atoms with Gasteiger partial charge in [0, 0.05) is 32.6 Å². The molecule has 33 heavy (non-hydrogen) atoms. The first-order valence-electron chi connectivity index (χ1n) is 11.0. The van der Waals surface area contributed by atoms with Gasteiger partial charge >= 0.3 is 0 Å². The average molecular weight is 465 g/mol. The molecule has 3 aromatic heterocycles. The number of aryl methyl sites for hydroxylation is 1. The lowest BCUT2D eigenvalue weighted by atomic mass is 10.2. The molecule has 1 aromatic carbocycles. The monoisotopic (exact) mass is 464 g/mol. The summed E-state index contributed by atoms with van der Waals surface area (Å²) in [4.78, 5) is 39.3. The number of amides is 1. The Balaban J connectivity index is 1.08. The predicted molar refractivity (Wildman–Crippen MR) is 125 cm³/mol. The molecular formula is C23H24N6O3S. The van der Waals surface area contributed by atoms with Gasteiger partial charge in [0.2, 0.25) is 17.6 Å². The second-order valence-electron chi connectivity index (χ2n) is 8.01. The number of benzene rings is 1. The number of para-hydroxylation sites is 1. The number of nitrogens with zero attached hydrogens (tertiary/aromatic N) is 6. The molecule has 170 valence electrons. The summed E-state index contributed by atoms with van der Waals surface area (Å²) in [6.07, 6.45) is 3.10. The van der Waals surface area contributed by atoms with Gasteiger partial charge in [-0.05, 0) is 36.5 Å². The zero-order chi connectivity index (χ0) is 22.6. The van der Waals surface area contributed by atoms with Crippen molar-refractivity contribution in [2.45, 2.75) is 19.4 Å². The van der Waals surface area contributed by atoms with E-state index in [2.05, 4.69) is 20.0 Å². The number of carbonyl (C=O) groups excluding carboxylic acids is 1. The normalized spacial score (nSPS) is 14.7. The highest BCUT2D eigenvalue weighted by atomic mass is 32.1. The van der Waals surface area contributed by atoms with E-state index < -0.39 is 0 Å². The van der Waals surface area contributed by atoms with Crippen LogP contribution in [-0.4, -0.2) is 68.1 Å².